The van der Waals surface area contributed by atoms with Crippen LogP contribution in [0.1, 0.15) is 22.2 Å². The smallest absolute Gasteiger partial charge is 0.277 e. The first-order valence-corrected chi connectivity index (χ1v) is 9.94. The van der Waals surface area contributed by atoms with Gasteiger partial charge in [0.2, 0.25) is 0 Å². The predicted molar refractivity (Wildman–Crippen MR) is 116 cm³/mol. The van der Waals surface area contributed by atoms with Crippen LogP contribution in [0.15, 0.2) is 71.1 Å². The minimum atomic E-state index is -0.388. The van der Waals surface area contributed by atoms with Crippen LogP contribution in [0.2, 0.25) is 5.02 Å². The zero-order chi connectivity index (χ0) is 20.6. The van der Waals surface area contributed by atoms with Gasteiger partial charge in [0.15, 0.2) is 6.61 Å². The summed E-state index contributed by atoms with van der Waals surface area (Å²) in [4.78, 5) is 24.7. The molecule has 0 fully saturated rings. The van der Waals surface area contributed by atoms with E-state index in [2.05, 4.69) is 15.8 Å². The van der Waals surface area contributed by atoms with Gasteiger partial charge in [0.05, 0.1) is 10.6 Å². The van der Waals surface area contributed by atoms with Crippen molar-refractivity contribution < 1.29 is 14.3 Å². The van der Waals surface area contributed by atoms with Gasteiger partial charge in [-0.3, -0.25) is 9.59 Å². The highest BCUT2D eigenvalue weighted by Crippen LogP contribution is 2.16. The summed E-state index contributed by atoms with van der Waals surface area (Å²) in [6.07, 6.45) is 0. The van der Waals surface area contributed by atoms with Crippen LogP contribution in [-0.2, 0) is 4.79 Å². The molecule has 1 aromatic heterocycles. The topological polar surface area (TPSA) is 79.8 Å². The molecule has 6 nitrogen and oxygen atoms in total. The third kappa shape index (κ3) is 6.17. The summed E-state index contributed by atoms with van der Waals surface area (Å²) in [5.41, 5.74) is 4.47. The number of hydrazone groups is 1. The number of amides is 2. The normalized spacial score (nSPS) is 11.0. The van der Waals surface area contributed by atoms with Crippen LogP contribution >= 0.6 is 22.9 Å². The average Bonchev–Trinajstić information content (AvgIpc) is 3.27. The summed E-state index contributed by atoms with van der Waals surface area (Å²) >= 11 is 7.18. The summed E-state index contributed by atoms with van der Waals surface area (Å²) in [5, 5.41) is 9.38. The van der Waals surface area contributed by atoms with Gasteiger partial charge in [0.1, 0.15) is 5.75 Å². The van der Waals surface area contributed by atoms with Crippen molar-refractivity contribution in [1.29, 1.82) is 0 Å². The summed E-state index contributed by atoms with van der Waals surface area (Å²) < 4.78 is 5.37. The number of hydrogen-bond acceptors (Lipinski definition) is 5. The lowest BCUT2D eigenvalue weighted by atomic mass is 10.1. The van der Waals surface area contributed by atoms with Crippen molar-refractivity contribution in [3.8, 4) is 5.75 Å². The Morgan fingerprint density at radius 2 is 1.90 bits per heavy atom. The maximum absolute atomic E-state index is 12.2. The Hall–Kier alpha value is -3.16. The van der Waals surface area contributed by atoms with Gasteiger partial charge in [-0.05, 0) is 60.3 Å². The second-order valence-electron chi connectivity index (χ2n) is 5.99. The number of benzene rings is 2. The molecule has 3 aromatic rings. The van der Waals surface area contributed by atoms with Crippen LogP contribution in [0.5, 0.6) is 5.75 Å². The van der Waals surface area contributed by atoms with Crippen molar-refractivity contribution >= 4 is 46.2 Å². The van der Waals surface area contributed by atoms with Crippen LogP contribution in [0.4, 0.5) is 5.69 Å². The molecule has 0 unspecified atom stereocenters. The number of rotatable bonds is 7. The van der Waals surface area contributed by atoms with Crippen LogP contribution in [-0.4, -0.2) is 24.1 Å². The fourth-order valence-corrected chi connectivity index (χ4v) is 3.09. The zero-order valence-corrected chi connectivity index (χ0v) is 17.1. The number of thiophene rings is 1. The summed E-state index contributed by atoms with van der Waals surface area (Å²) in [6.45, 7) is 1.59. The second kappa shape index (κ2) is 9.86. The van der Waals surface area contributed by atoms with Crippen molar-refractivity contribution in [2.45, 2.75) is 6.92 Å². The van der Waals surface area contributed by atoms with Gasteiger partial charge in [-0.25, -0.2) is 5.43 Å². The molecule has 0 bridgehead atoms. The molecule has 0 radical (unpaired) electrons. The summed E-state index contributed by atoms with van der Waals surface area (Å²) in [6, 6.07) is 17.6. The number of nitrogens with one attached hydrogen (secondary N) is 2. The molecule has 2 N–H and O–H groups in total. The Bertz CT molecular complexity index is 1020. The molecule has 1 heterocycles. The number of carbonyl (C=O) groups is 2. The molecule has 0 spiro atoms. The number of hydrogen-bond donors (Lipinski definition) is 2. The lowest BCUT2D eigenvalue weighted by molar-refractivity contribution is -0.123. The highest BCUT2D eigenvalue weighted by atomic mass is 35.5. The molecule has 0 saturated carbocycles. The van der Waals surface area contributed by atoms with Gasteiger partial charge in [-0.1, -0.05) is 29.8 Å². The predicted octanol–water partition coefficient (Wildman–Crippen LogP) is 4.57. The van der Waals surface area contributed by atoms with Crippen LogP contribution in [0.3, 0.4) is 0 Å². The molecular weight excluding hydrogens is 410 g/mol. The molecule has 8 heteroatoms. The fraction of sp³-hybridized carbons (Fsp3) is 0.0952. The van der Waals surface area contributed by atoms with Crippen LogP contribution in [0, 0.1) is 0 Å². The summed E-state index contributed by atoms with van der Waals surface area (Å²) in [5.74, 6) is -0.0136. The van der Waals surface area contributed by atoms with Gasteiger partial charge in [0.25, 0.3) is 11.8 Å². The van der Waals surface area contributed by atoms with E-state index in [-0.39, 0.29) is 18.4 Å². The van der Waals surface area contributed by atoms with E-state index < -0.39 is 0 Å². The molecule has 0 saturated heterocycles. The van der Waals surface area contributed by atoms with Gasteiger partial charge in [-0.15, -0.1) is 11.3 Å². The highest BCUT2D eigenvalue weighted by Gasteiger charge is 2.08. The third-order valence-corrected chi connectivity index (χ3v) is 4.94. The minimum Gasteiger partial charge on any atom is -0.484 e. The Balaban J connectivity index is 1.55. The fourth-order valence-electron chi connectivity index (χ4n) is 2.35. The molecule has 0 aliphatic carbocycles. The quantitative estimate of drug-likeness (QED) is 0.428. The largest absolute Gasteiger partial charge is 0.484 e. The molecular formula is C21H18ClN3O3S. The standard InChI is InChI=1S/C21H18ClN3O3S/c1-14(24-25-20(26)13-28-18-9-7-16(22)8-10-18)15-4-2-5-17(12-15)23-21(27)19-6-3-11-29-19/h2-12H,13H2,1H3,(H,23,27)(H,25,26). The minimum absolute atomic E-state index is 0.167. The molecule has 0 atom stereocenters. The first-order valence-electron chi connectivity index (χ1n) is 8.68. The van der Waals surface area contributed by atoms with E-state index >= 15 is 0 Å². The van der Waals surface area contributed by atoms with Gasteiger partial charge < -0.3 is 10.1 Å². The molecule has 0 aliphatic rings. The van der Waals surface area contributed by atoms with Gasteiger partial charge >= 0.3 is 0 Å². The van der Waals surface area contributed by atoms with Crippen LogP contribution in [0.25, 0.3) is 0 Å². The van der Waals surface area contributed by atoms with Gasteiger partial charge in [-0.2, -0.15) is 5.10 Å². The van der Waals surface area contributed by atoms with E-state index in [1.54, 1.807) is 49.4 Å². The first-order chi connectivity index (χ1) is 14.0. The zero-order valence-electron chi connectivity index (χ0n) is 15.5. The van der Waals surface area contributed by atoms with E-state index in [9.17, 15) is 9.59 Å². The highest BCUT2D eigenvalue weighted by molar-refractivity contribution is 7.12. The van der Waals surface area contributed by atoms with Crippen LogP contribution < -0.4 is 15.5 Å². The van der Waals surface area contributed by atoms with E-state index in [0.717, 1.165) is 5.56 Å². The Labute approximate surface area is 177 Å². The van der Waals surface area contributed by atoms with Crippen molar-refractivity contribution in [3.63, 3.8) is 0 Å². The molecule has 0 aliphatic heterocycles. The Kier molecular flexibility index (Phi) is 6.99. The van der Waals surface area contributed by atoms with E-state index in [1.165, 1.54) is 11.3 Å². The number of anilines is 1. The monoisotopic (exact) mass is 427 g/mol. The maximum atomic E-state index is 12.2. The maximum Gasteiger partial charge on any atom is 0.277 e. The number of carbonyl (C=O) groups excluding carboxylic acids is 2. The van der Waals surface area contributed by atoms with E-state index in [4.69, 9.17) is 16.3 Å². The molecule has 3 rings (SSSR count). The van der Waals surface area contributed by atoms with E-state index in [0.29, 0.717) is 27.0 Å². The number of ether oxygens (including phenoxy) is 1. The molecule has 2 amide bonds. The second-order valence-corrected chi connectivity index (χ2v) is 7.37. The van der Waals surface area contributed by atoms with Gasteiger partial charge in [0, 0.05) is 10.7 Å². The average molecular weight is 428 g/mol. The molecule has 148 valence electrons. The number of halogens is 1. The van der Waals surface area contributed by atoms with Crippen molar-refractivity contribution in [3.05, 3.63) is 81.5 Å². The Morgan fingerprint density at radius 3 is 2.62 bits per heavy atom. The van der Waals surface area contributed by atoms with Crippen molar-refractivity contribution in [2.75, 3.05) is 11.9 Å². The first kappa shape index (κ1) is 20.6. The van der Waals surface area contributed by atoms with Crippen molar-refractivity contribution in [1.82, 2.24) is 5.43 Å². The van der Waals surface area contributed by atoms with E-state index in [1.807, 2.05) is 23.6 Å². The van der Waals surface area contributed by atoms with Crippen molar-refractivity contribution in [2.24, 2.45) is 5.10 Å². The Morgan fingerprint density at radius 1 is 1.10 bits per heavy atom. The lowest BCUT2D eigenvalue weighted by Gasteiger charge is -2.08. The SMILES string of the molecule is CC(=NNC(=O)COc1ccc(Cl)cc1)c1cccc(NC(=O)c2cccs2)c1. The third-order valence-electron chi connectivity index (χ3n) is 3.82. The lowest BCUT2D eigenvalue weighted by Crippen LogP contribution is -2.25. The molecule has 2 aromatic carbocycles. The molecule has 29 heavy (non-hydrogen) atoms. The number of nitrogens with zero attached hydrogens (tertiary/aromatic N) is 1. The summed E-state index contributed by atoms with van der Waals surface area (Å²) in [7, 11) is 0.